The maximum atomic E-state index is 14.1. The SMILES string of the molecule is CC1CN(C(=O)c2ccc(C#CCO)cc2F)CCN1C. The van der Waals surface area contributed by atoms with Crippen LogP contribution >= 0.6 is 0 Å². The second-order valence-corrected chi connectivity index (χ2v) is 5.24. The third-order valence-electron chi connectivity index (χ3n) is 3.76. The van der Waals surface area contributed by atoms with Crippen molar-refractivity contribution < 1.29 is 14.3 Å². The van der Waals surface area contributed by atoms with Crippen molar-refractivity contribution in [1.29, 1.82) is 0 Å². The zero-order valence-corrected chi connectivity index (χ0v) is 12.3. The number of aliphatic hydroxyl groups excluding tert-OH is 1. The summed E-state index contributed by atoms with van der Waals surface area (Å²) in [6.45, 7) is 3.76. The molecule has 2 rings (SSSR count). The molecule has 1 heterocycles. The molecule has 1 amide bonds. The van der Waals surface area contributed by atoms with E-state index in [0.717, 1.165) is 6.54 Å². The minimum atomic E-state index is -0.573. The number of carbonyl (C=O) groups is 1. The smallest absolute Gasteiger partial charge is 0.256 e. The lowest BCUT2D eigenvalue weighted by Gasteiger charge is -2.37. The zero-order chi connectivity index (χ0) is 15.4. The van der Waals surface area contributed by atoms with Crippen molar-refractivity contribution >= 4 is 5.91 Å². The van der Waals surface area contributed by atoms with Crippen LogP contribution in [0.5, 0.6) is 0 Å². The molecule has 112 valence electrons. The average Bonchev–Trinajstić information content (AvgIpc) is 2.47. The van der Waals surface area contributed by atoms with Crippen molar-refractivity contribution in [3.63, 3.8) is 0 Å². The third kappa shape index (κ3) is 3.60. The number of rotatable bonds is 1. The standard InChI is InChI=1S/C16H19FN2O2/c1-12-11-19(8-7-18(12)2)16(21)14-6-5-13(4-3-9-20)10-15(14)17/h5-6,10,12,20H,7-9,11H2,1-2H3. The van der Waals surface area contributed by atoms with Crippen LogP contribution in [0.1, 0.15) is 22.8 Å². The molecule has 0 bridgehead atoms. The highest BCUT2D eigenvalue weighted by molar-refractivity contribution is 5.94. The van der Waals surface area contributed by atoms with Crippen molar-refractivity contribution in [2.75, 3.05) is 33.3 Å². The topological polar surface area (TPSA) is 43.8 Å². The van der Waals surface area contributed by atoms with Gasteiger partial charge in [-0.05, 0) is 32.2 Å². The molecule has 1 aromatic carbocycles. The first-order valence-corrected chi connectivity index (χ1v) is 6.91. The van der Waals surface area contributed by atoms with E-state index in [2.05, 4.69) is 16.7 Å². The van der Waals surface area contributed by atoms with E-state index in [-0.39, 0.29) is 24.1 Å². The van der Waals surface area contributed by atoms with Crippen LogP contribution in [0.25, 0.3) is 0 Å². The highest BCUT2D eigenvalue weighted by Crippen LogP contribution is 2.15. The Morgan fingerprint density at radius 1 is 1.48 bits per heavy atom. The van der Waals surface area contributed by atoms with Gasteiger partial charge < -0.3 is 14.9 Å². The molecule has 1 aliphatic heterocycles. The van der Waals surface area contributed by atoms with Crippen molar-refractivity contribution in [3.8, 4) is 11.8 Å². The van der Waals surface area contributed by atoms with Crippen LogP contribution in [0.2, 0.25) is 0 Å². The number of halogens is 1. The van der Waals surface area contributed by atoms with E-state index in [1.165, 1.54) is 12.1 Å². The summed E-state index contributed by atoms with van der Waals surface area (Å²) >= 11 is 0. The van der Waals surface area contributed by atoms with Gasteiger partial charge in [0.1, 0.15) is 12.4 Å². The molecule has 0 spiro atoms. The molecule has 21 heavy (non-hydrogen) atoms. The lowest BCUT2D eigenvalue weighted by Crippen LogP contribution is -2.52. The molecular weight excluding hydrogens is 271 g/mol. The van der Waals surface area contributed by atoms with Gasteiger partial charge in [-0.25, -0.2) is 4.39 Å². The predicted molar refractivity (Wildman–Crippen MR) is 78.4 cm³/mol. The number of carbonyl (C=O) groups excluding carboxylic acids is 1. The molecule has 0 aromatic heterocycles. The number of nitrogens with zero attached hydrogens (tertiary/aromatic N) is 2. The molecule has 1 unspecified atom stereocenters. The maximum Gasteiger partial charge on any atom is 0.256 e. The monoisotopic (exact) mass is 290 g/mol. The first kappa shape index (κ1) is 15.5. The second kappa shape index (κ2) is 6.70. The van der Waals surface area contributed by atoms with Gasteiger partial charge in [-0.3, -0.25) is 4.79 Å². The van der Waals surface area contributed by atoms with Gasteiger partial charge in [0.05, 0.1) is 5.56 Å². The Kier molecular flexibility index (Phi) is 4.94. The molecule has 4 nitrogen and oxygen atoms in total. The number of amides is 1. The Hall–Kier alpha value is -1.90. The summed E-state index contributed by atoms with van der Waals surface area (Å²) in [6.07, 6.45) is 0. The van der Waals surface area contributed by atoms with Crippen LogP contribution in [0, 0.1) is 17.7 Å². The van der Waals surface area contributed by atoms with Crippen LogP contribution in [-0.2, 0) is 0 Å². The van der Waals surface area contributed by atoms with Crippen molar-refractivity contribution in [2.45, 2.75) is 13.0 Å². The molecule has 1 fully saturated rings. The molecule has 1 atom stereocenters. The van der Waals surface area contributed by atoms with Gasteiger partial charge in [-0.15, -0.1) is 0 Å². The molecule has 1 aromatic rings. The summed E-state index contributed by atoms with van der Waals surface area (Å²) in [4.78, 5) is 16.2. The van der Waals surface area contributed by atoms with Gasteiger partial charge in [0, 0.05) is 31.2 Å². The summed E-state index contributed by atoms with van der Waals surface area (Å²) < 4.78 is 14.1. The maximum absolute atomic E-state index is 14.1. The summed E-state index contributed by atoms with van der Waals surface area (Å²) in [5.41, 5.74) is 0.520. The Bertz CT molecular complexity index is 592. The van der Waals surface area contributed by atoms with Crippen LogP contribution < -0.4 is 0 Å². The van der Waals surface area contributed by atoms with Crippen LogP contribution in [0.15, 0.2) is 18.2 Å². The van der Waals surface area contributed by atoms with Crippen LogP contribution in [0.3, 0.4) is 0 Å². The Labute approximate surface area is 124 Å². The Morgan fingerprint density at radius 3 is 2.86 bits per heavy atom. The summed E-state index contributed by atoms with van der Waals surface area (Å²) in [7, 11) is 2.02. The molecule has 1 N–H and O–H groups in total. The molecule has 0 radical (unpaired) electrons. The van der Waals surface area contributed by atoms with Gasteiger partial charge >= 0.3 is 0 Å². The summed E-state index contributed by atoms with van der Waals surface area (Å²) in [6, 6.07) is 4.55. The minimum Gasteiger partial charge on any atom is -0.384 e. The molecular formula is C16H19FN2O2. The number of hydrogen-bond acceptors (Lipinski definition) is 3. The van der Waals surface area contributed by atoms with E-state index in [1.807, 2.05) is 14.0 Å². The number of aliphatic hydroxyl groups is 1. The molecule has 0 aliphatic carbocycles. The van der Waals surface area contributed by atoms with Crippen molar-refractivity contribution in [3.05, 3.63) is 35.1 Å². The summed E-state index contributed by atoms with van der Waals surface area (Å²) in [5, 5.41) is 8.62. The third-order valence-corrected chi connectivity index (χ3v) is 3.76. The average molecular weight is 290 g/mol. The van der Waals surface area contributed by atoms with Crippen LogP contribution in [0.4, 0.5) is 4.39 Å². The second-order valence-electron chi connectivity index (χ2n) is 5.24. The van der Waals surface area contributed by atoms with Gasteiger partial charge in [-0.1, -0.05) is 11.8 Å². The Balaban J connectivity index is 2.16. The normalized spacial score (nSPS) is 19.0. The van der Waals surface area contributed by atoms with Crippen molar-refractivity contribution in [2.24, 2.45) is 0 Å². The van der Waals surface area contributed by atoms with E-state index in [1.54, 1.807) is 11.0 Å². The highest BCUT2D eigenvalue weighted by Gasteiger charge is 2.26. The molecule has 0 saturated carbocycles. The minimum absolute atomic E-state index is 0.0706. The van der Waals surface area contributed by atoms with Gasteiger partial charge in [-0.2, -0.15) is 0 Å². The van der Waals surface area contributed by atoms with Crippen molar-refractivity contribution in [1.82, 2.24) is 9.80 Å². The van der Waals surface area contributed by atoms with E-state index in [4.69, 9.17) is 5.11 Å². The Morgan fingerprint density at radius 2 is 2.24 bits per heavy atom. The predicted octanol–water partition coefficient (Wildman–Crippen LogP) is 0.946. The fourth-order valence-electron chi connectivity index (χ4n) is 2.31. The fourth-order valence-corrected chi connectivity index (χ4v) is 2.31. The van der Waals surface area contributed by atoms with E-state index < -0.39 is 5.82 Å². The highest BCUT2D eigenvalue weighted by atomic mass is 19.1. The molecule has 1 saturated heterocycles. The number of hydrogen-bond donors (Lipinski definition) is 1. The van der Waals surface area contributed by atoms with Crippen LogP contribution in [-0.4, -0.2) is 60.1 Å². The first-order valence-electron chi connectivity index (χ1n) is 6.91. The lowest BCUT2D eigenvalue weighted by atomic mass is 10.1. The molecule has 1 aliphatic rings. The van der Waals surface area contributed by atoms with E-state index in [0.29, 0.717) is 18.7 Å². The van der Waals surface area contributed by atoms with E-state index in [9.17, 15) is 9.18 Å². The fraction of sp³-hybridized carbons (Fsp3) is 0.438. The van der Waals surface area contributed by atoms with Gasteiger partial charge in [0.15, 0.2) is 0 Å². The summed E-state index contributed by atoms with van der Waals surface area (Å²) in [5.74, 6) is 4.22. The van der Waals surface area contributed by atoms with Gasteiger partial charge in [0.2, 0.25) is 0 Å². The lowest BCUT2D eigenvalue weighted by molar-refractivity contribution is 0.0568. The largest absolute Gasteiger partial charge is 0.384 e. The number of likely N-dealkylation sites (N-methyl/N-ethyl adjacent to an activating group) is 1. The van der Waals surface area contributed by atoms with Gasteiger partial charge in [0.25, 0.3) is 5.91 Å². The first-order chi connectivity index (χ1) is 10.0. The number of benzene rings is 1. The zero-order valence-electron chi connectivity index (χ0n) is 12.3. The quantitative estimate of drug-likeness (QED) is 0.783. The molecule has 5 heteroatoms. The number of piperazine rings is 1. The van der Waals surface area contributed by atoms with E-state index >= 15 is 0 Å².